The fourth-order valence-corrected chi connectivity index (χ4v) is 5.38. The van der Waals surface area contributed by atoms with Crippen molar-refractivity contribution >= 4 is 44.0 Å². The zero-order valence-electron chi connectivity index (χ0n) is 19.3. The second-order valence-electron chi connectivity index (χ2n) is 8.09. The van der Waals surface area contributed by atoms with E-state index in [1.165, 1.54) is 31.5 Å². The van der Waals surface area contributed by atoms with Gasteiger partial charge in [-0.1, -0.05) is 6.07 Å². The van der Waals surface area contributed by atoms with Crippen LogP contribution in [0.2, 0.25) is 0 Å². The third-order valence-corrected chi connectivity index (χ3v) is 8.34. The number of hydrogen-bond donors (Lipinski definition) is 1. The van der Waals surface area contributed by atoms with Crippen LogP contribution in [0.3, 0.4) is 0 Å². The van der Waals surface area contributed by atoms with Crippen LogP contribution in [-0.2, 0) is 17.1 Å². The van der Waals surface area contributed by atoms with Gasteiger partial charge in [-0.15, -0.1) is 11.3 Å². The van der Waals surface area contributed by atoms with Crippen LogP contribution in [-0.4, -0.2) is 47.5 Å². The summed E-state index contributed by atoms with van der Waals surface area (Å²) in [6, 6.07) is 8.77. The molecule has 0 aliphatic heterocycles. The first-order chi connectivity index (χ1) is 15.5. The summed E-state index contributed by atoms with van der Waals surface area (Å²) in [6.45, 7) is 5.52. The third kappa shape index (κ3) is 4.05. The lowest BCUT2D eigenvalue weighted by Gasteiger charge is -2.17. The van der Waals surface area contributed by atoms with E-state index >= 15 is 0 Å². The number of anilines is 1. The smallest absolute Gasteiger partial charge is 0.256 e. The monoisotopic (exact) mass is 483 g/mol. The molecule has 0 bridgehead atoms. The van der Waals surface area contributed by atoms with Crippen molar-refractivity contribution in [3.05, 3.63) is 58.1 Å². The summed E-state index contributed by atoms with van der Waals surface area (Å²) in [7, 11) is 1.10. The van der Waals surface area contributed by atoms with E-state index in [2.05, 4.69) is 10.4 Å². The molecule has 0 atom stereocenters. The molecule has 3 heterocycles. The number of amides is 1. The standard InChI is InChI=1S/C23H25N5O3S2/c1-13-10-16(33(30,31)27(4)5)11-18(14(13)2)25-23(29)17-12-19(20-8-7-9-32-20)24-22-21(17)15(3)26-28(22)6/h7-12H,1-6H3,(H,25,29). The second kappa shape index (κ2) is 8.36. The quantitative estimate of drug-likeness (QED) is 0.460. The van der Waals surface area contributed by atoms with Crippen molar-refractivity contribution < 1.29 is 13.2 Å². The Kier molecular flexibility index (Phi) is 5.85. The number of sulfonamides is 1. The minimum atomic E-state index is -3.65. The molecule has 0 radical (unpaired) electrons. The molecule has 33 heavy (non-hydrogen) atoms. The molecule has 10 heteroatoms. The van der Waals surface area contributed by atoms with Crippen LogP contribution in [0.1, 0.15) is 27.2 Å². The summed E-state index contributed by atoms with van der Waals surface area (Å²) in [5, 5.41) is 10.0. The highest BCUT2D eigenvalue weighted by atomic mass is 32.2. The third-order valence-electron chi connectivity index (χ3n) is 5.65. The minimum absolute atomic E-state index is 0.127. The van der Waals surface area contributed by atoms with Crippen LogP contribution < -0.4 is 5.32 Å². The molecule has 172 valence electrons. The average Bonchev–Trinajstić information content (AvgIpc) is 3.39. The highest BCUT2D eigenvalue weighted by Gasteiger charge is 2.23. The molecule has 8 nitrogen and oxygen atoms in total. The van der Waals surface area contributed by atoms with Crippen LogP contribution in [0.25, 0.3) is 21.6 Å². The van der Waals surface area contributed by atoms with Gasteiger partial charge in [-0.3, -0.25) is 9.48 Å². The van der Waals surface area contributed by atoms with Crippen molar-refractivity contribution in [2.24, 2.45) is 7.05 Å². The number of thiophene rings is 1. The first kappa shape index (κ1) is 23.1. The predicted octanol–water partition coefficient (Wildman–Crippen LogP) is 4.12. The van der Waals surface area contributed by atoms with Gasteiger partial charge in [0, 0.05) is 26.8 Å². The summed E-state index contributed by atoms with van der Waals surface area (Å²) >= 11 is 1.54. The van der Waals surface area contributed by atoms with E-state index in [1.807, 2.05) is 38.3 Å². The fourth-order valence-electron chi connectivity index (χ4n) is 3.68. The van der Waals surface area contributed by atoms with Gasteiger partial charge in [0.05, 0.1) is 32.1 Å². The Balaban J connectivity index is 1.85. The molecule has 3 aromatic heterocycles. The topological polar surface area (TPSA) is 97.2 Å². The maximum atomic E-state index is 13.5. The minimum Gasteiger partial charge on any atom is -0.322 e. The maximum Gasteiger partial charge on any atom is 0.256 e. The van der Waals surface area contributed by atoms with Gasteiger partial charge < -0.3 is 5.32 Å². The molecule has 0 aliphatic carbocycles. The van der Waals surface area contributed by atoms with Crippen LogP contribution >= 0.6 is 11.3 Å². The van der Waals surface area contributed by atoms with Gasteiger partial charge in [0.25, 0.3) is 5.91 Å². The predicted molar refractivity (Wildman–Crippen MR) is 131 cm³/mol. The average molecular weight is 484 g/mol. The number of aryl methyl sites for hydroxylation is 3. The molecule has 1 N–H and O–H groups in total. The van der Waals surface area contributed by atoms with Gasteiger partial charge in [0.1, 0.15) is 0 Å². The molecule has 0 saturated heterocycles. The summed E-state index contributed by atoms with van der Waals surface area (Å²) < 4.78 is 28.2. The number of aromatic nitrogens is 3. The molecule has 1 amide bonds. The number of pyridine rings is 1. The van der Waals surface area contributed by atoms with Crippen molar-refractivity contribution in [1.82, 2.24) is 19.1 Å². The highest BCUT2D eigenvalue weighted by Crippen LogP contribution is 2.31. The Labute approximate surface area is 196 Å². The lowest BCUT2D eigenvalue weighted by Crippen LogP contribution is -2.23. The van der Waals surface area contributed by atoms with Crippen molar-refractivity contribution in [3.8, 4) is 10.6 Å². The van der Waals surface area contributed by atoms with Crippen molar-refractivity contribution in [3.63, 3.8) is 0 Å². The number of hydrogen-bond acceptors (Lipinski definition) is 6. The Morgan fingerprint density at radius 2 is 1.88 bits per heavy atom. The Morgan fingerprint density at radius 1 is 1.15 bits per heavy atom. The lowest BCUT2D eigenvalue weighted by molar-refractivity contribution is 0.102. The number of fused-ring (bicyclic) bond motifs is 1. The first-order valence-electron chi connectivity index (χ1n) is 10.2. The van der Waals surface area contributed by atoms with Crippen molar-refractivity contribution in [1.29, 1.82) is 0 Å². The molecule has 0 fully saturated rings. The number of nitrogens with zero attached hydrogens (tertiary/aromatic N) is 4. The molecular formula is C23H25N5O3S2. The molecule has 0 aliphatic rings. The van der Waals surface area contributed by atoms with E-state index in [9.17, 15) is 13.2 Å². The summed E-state index contributed by atoms with van der Waals surface area (Å²) in [4.78, 5) is 19.3. The molecule has 0 saturated carbocycles. The second-order valence-corrected chi connectivity index (χ2v) is 11.2. The number of benzene rings is 1. The molecule has 0 unspecified atom stereocenters. The molecule has 0 spiro atoms. The largest absolute Gasteiger partial charge is 0.322 e. The number of rotatable bonds is 5. The fraction of sp³-hybridized carbons (Fsp3) is 0.261. The van der Waals surface area contributed by atoms with Gasteiger partial charge in [-0.05, 0) is 61.5 Å². The first-order valence-corrected chi connectivity index (χ1v) is 12.6. The number of carbonyl (C=O) groups excluding carboxylic acids is 1. The van der Waals surface area contributed by atoms with Crippen molar-refractivity contribution in [2.75, 3.05) is 19.4 Å². The van der Waals surface area contributed by atoms with Crippen LogP contribution in [0.15, 0.2) is 40.6 Å². The van der Waals surface area contributed by atoms with Gasteiger partial charge in [0.2, 0.25) is 10.0 Å². The van der Waals surface area contributed by atoms with E-state index in [0.29, 0.717) is 33.7 Å². The zero-order chi connectivity index (χ0) is 24.1. The Hall–Kier alpha value is -3.08. The van der Waals surface area contributed by atoms with Crippen LogP contribution in [0.5, 0.6) is 0 Å². The van der Waals surface area contributed by atoms with Crippen LogP contribution in [0.4, 0.5) is 5.69 Å². The molecule has 4 rings (SSSR count). The van der Waals surface area contributed by atoms with Crippen LogP contribution in [0, 0.1) is 20.8 Å². The van der Waals surface area contributed by atoms with Crippen molar-refractivity contribution in [2.45, 2.75) is 25.7 Å². The van der Waals surface area contributed by atoms with Gasteiger partial charge in [0.15, 0.2) is 5.65 Å². The summed E-state index contributed by atoms with van der Waals surface area (Å²) in [6.07, 6.45) is 0. The molecule has 4 aromatic rings. The summed E-state index contributed by atoms with van der Waals surface area (Å²) in [5.74, 6) is -0.349. The van der Waals surface area contributed by atoms with E-state index in [0.717, 1.165) is 20.3 Å². The number of carbonyl (C=O) groups is 1. The normalized spacial score (nSPS) is 12.0. The van der Waals surface area contributed by atoms with Gasteiger partial charge in [-0.25, -0.2) is 17.7 Å². The Bertz CT molecular complexity index is 1490. The highest BCUT2D eigenvalue weighted by molar-refractivity contribution is 7.89. The van der Waals surface area contributed by atoms with E-state index in [4.69, 9.17) is 4.98 Å². The number of nitrogens with one attached hydrogen (secondary N) is 1. The lowest BCUT2D eigenvalue weighted by atomic mass is 10.1. The molecular weight excluding hydrogens is 458 g/mol. The summed E-state index contributed by atoms with van der Waals surface area (Å²) in [5.41, 5.74) is 4.44. The Morgan fingerprint density at radius 3 is 2.52 bits per heavy atom. The van der Waals surface area contributed by atoms with E-state index in [-0.39, 0.29) is 10.8 Å². The SMILES string of the molecule is Cc1cc(S(=O)(=O)N(C)C)cc(NC(=O)c2cc(-c3cccs3)nc3c2c(C)nn3C)c1C. The van der Waals surface area contributed by atoms with E-state index < -0.39 is 10.0 Å². The maximum absolute atomic E-state index is 13.5. The molecule has 1 aromatic carbocycles. The van der Waals surface area contributed by atoms with Gasteiger partial charge >= 0.3 is 0 Å². The van der Waals surface area contributed by atoms with E-state index in [1.54, 1.807) is 23.9 Å². The zero-order valence-corrected chi connectivity index (χ0v) is 20.9. The van der Waals surface area contributed by atoms with Gasteiger partial charge in [-0.2, -0.15) is 5.10 Å².